The second-order valence-corrected chi connectivity index (χ2v) is 5.03. The van der Waals surface area contributed by atoms with Gasteiger partial charge in [-0.2, -0.15) is 0 Å². The predicted molar refractivity (Wildman–Crippen MR) is 83.3 cm³/mol. The van der Waals surface area contributed by atoms with Gasteiger partial charge < -0.3 is 14.8 Å². The molecule has 0 atom stereocenters. The highest BCUT2D eigenvalue weighted by Gasteiger charge is 2.04. The molecule has 0 aliphatic carbocycles. The molecule has 0 heterocycles. The van der Waals surface area contributed by atoms with Gasteiger partial charge in [0.2, 0.25) is 0 Å². The largest absolute Gasteiger partial charge is 0.497 e. The van der Waals surface area contributed by atoms with Gasteiger partial charge in [0.25, 0.3) is 0 Å². The zero-order valence-electron chi connectivity index (χ0n) is 11.2. The Morgan fingerprint density at radius 3 is 2.20 bits per heavy atom. The first kappa shape index (κ1) is 14.8. The molecule has 0 unspecified atom stereocenters. The third-order valence-electron chi connectivity index (χ3n) is 2.84. The van der Waals surface area contributed by atoms with Crippen LogP contribution in [0, 0.1) is 0 Å². The zero-order chi connectivity index (χ0) is 14.5. The lowest BCUT2D eigenvalue weighted by Crippen LogP contribution is -2.01. The lowest BCUT2D eigenvalue weighted by Gasteiger charge is -2.11. The number of hydrogen-bond acceptors (Lipinski definition) is 3. The third kappa shape index (κ3) is 3.71. The number of ether oxygens (including phenoxy) is 2. The molecule has 0 aliphatic rings. The van der Waals surface area contributed by atoms with Gasteiger partial charge in [0.1, 0.15) is 11.5 Å². The van der Waals surface area contributed by atoms with Crippen LogP contribution >= 0.6 is 23.2 Å². The third-order valence-corrected chi connectivity index (χ3v) is 3.45. The van der Waals surface area contributed by atoms with Crippen LogP contribution in [0.25, 0.3) is 0 Å². The molecule has 0 saturated carbocycles. The van der Waals surface area contributed by atoms with Crippen molar-refractivity contribution in [2.24, 2.45) is 0 Å². The molecular weight excluding hydrogens is 297 g/mol. The highest BCUT2D eigenvalue weighted by Crippen LogP contribution is 2.27. The van der Waals surface area contributed by atoms with E-state index in [0.29, 0.717) is 16.6 Å². The van der Waals surface area contributed by atoms with Crippen LogP contribution in [-0.2, 0) is 6.54 Å². The summed E-state index contributed by atoms with van der Waals surface area (Å²) in [5.41, 5.74) is 1.82. The van der Waals surface area contributed by atoms with Crippen LogP contribution in [0.3, 0.4) is 0 Å². The molecule has 0 fully saturated rings. The van der Waals surface area contributed by atoms with Gasteiger partial charge in [-0.25, -0.2) is 0 Å². The van der Waals surface area contributed by atoms with Crippen molar-refractivity contribution in [2.75, 3.05) is 19.5 Å². The highest BCUT2D eigenvalue weighted by molar-refractivity contribution is 6.33. The summed E-state index contributed by atoms with van der Waals surface area (Å²) >= 11 is 12.1. The molecule has 0 spiro atoms. The van der Waals surface area contributed by atoms with Crippen LogP contribution in [-0.4, -0.2) is 14.2 Å². The topological polar surface area (TPSA) is 30.5 Å². The van der Waals surface area contributed by atoms with Crippen LogP contribution in [0.2, 0.25) is 10.0 Å². The van der Waals surface area contributed by atoms with Gasteiger partial charge in [-0.05, 0) is 23.8 Å². The van der Waals surface area contributed by atoms with Crippen LogP contribution in [0.1, 0.15) is 5.56 Å². The van der Waals surface area contributed by atoms with Crippen LogP contribution in [0.4, 0.5) is 5.69 Å². The Morgan fingerprint density at radius 2 is 1.60 bits per heavy atom. The smallest absolute Gasteiger partial charge is 0.124 e. The molecule has 2 aromatic rings. The van der Waals surface area contributed by atoms with Crippen molar-refractivity contribution in [3.05, 3.63) is 52.0 Å². The second kappa shape index (κ2) is 6.73. The average molecular weight is 312 g/mol. The summed E-state index contributed by atoms with van der Waals surface area (Å²) in [7, 11) is 3.23. The predicted octanol–water partition coefficient (Wildman–Crippen LogP) is 4.62. The molecule has 0 saturated heterocycles. The molecule has 106 valence electrons. The quantitative estimate of drug-likeness (QED) is 0.873. The number of benzene rings is 2. The first-order valence-corrected chi connectivity index (χ1v) is 6.79. The van der Waals surface area contributed by atoms with Crippen molar-refractivity contribution in [1.29, 1.82) is 0 Å². The molecule has 20 heavy (non-hydrogen) atoms. The molecule has 0 bridgehead atoms. The number of rotatable bonds is 5. The fraction of sp³-hybridized carbons (Fsp3) is 0.200. The van der Waals surface area contributed by atoms with Gasteiger partial charge >= 0.3 is 0 Å². The lowest BCUT2D eigenvalue weighted by atomic mass is 10.2. The van der Waals surface area contributed by atoms with E-state index in [9.17, 15) is 0 Å². The Bertz CT molecular complexity index is 580. The number of anilines is 1. The van der Waals surface area contributed by atoms with Crippen molar-refractivity contribution in [3.63, 3.8) is 0 Å². The average Bonchev–Trinajstić information content (AvgIpc) is 2.47. The van der Waals surface area contributed by atoms with E-state index in [4.69, 9.17) is 32.7 Å². The zero-order valence-corrected chi connectivity index (χ0v) is 12.8. The molecule has 3 nitrogen and oxygen atoms in total. The minimum Gasteiger partial charge on any atom is -0.497 e. The maximum Gasteiger partial charge on any atom is 0.124 e. The monoisotopic (exact) mass is 311 g/mol. The highest BCUT2D eigenvalue weighted by atomic mass is 35.5. The summed E-state index contributed by atoms with van der Waals surface area (Å²) in [6, 6.07) is 11.0. The van der Waals surface area contributed by atoms with Gasteiger partial charge in [0, 0.05) is 40.5 Å². The summed E-state index contributed by atoms with van der Waals surface area (Å²) in [5, 5.41) is 4.61. The molecule has 2 aromatic carbocycles. The maximum absolute atomic E-state index is 6.13. The Hall–Kier alpha value is -1.58. The van der Waals surface area contributed by atoms with E-state index in [1.54, 1.807) is 26.4 Å². The Kier molecular flexibility index (Phi) is 4.99. The summed E-state index contributed by atoms with van der Waals surface area (Å²) in [6.45, 7) is 0.565. The summed E-state index contributed by atoms with van der Waals surface area (Å²) in [6.07, 6.45) is 0. The normalized spacial score (nSPS) is 10.2. The van der Waals surface area contributed by atoms with E-state index in [0.717, 1.165) is 22.7 Å². The van der Waals surface area contributed by atoms with E-state index >= 15 is 0 Å². The molecule has 0 radical (unpaired) electrons. The Morgan fingerprint density at radius 1 is 0.950 bits per heavy atom. The van der Waals surface area contributed by atoms with Gasteiger partial charge in [-0.15, -0.1) is 0 Å². The minimum atomic E-state index is 0.565. The number of halogens is 2. The van der Waals surface area contributed by atoms with Crippen LogP contribution < -0.4 is 14.8 Å². The minimum absolute atomic E-state index is 0.565. The van der Waals surface area contributed by atoms with E-state index in [2.05, 4.69) is 5.32 Å². The molecule has 5 heteroatoms. The molecule has 0 aromatic heterocycles. The molecule has 0 aliphatic heterocycles. The van der Waals surface area contributed by atoms with Crippen LogP contribution in [0.15, 0.2) is 36.4 Å². The Balaban J connectivity index is 2.16. The fourth-order valence-corrected chi connectivity index (χ4v) is 2.16. The molecular formula is C15H15Cl2NO2. The molecule has 2 rings (SSSR count). The van der Waals surface area contributed by atoms with Gasteiger partial charge in [-0.1, -0.05) is 23.2 Å². The van der Waals surface area contributed by atoms with Crippen molar-refractivity contribution in [1.82, 2.24) is 0 Å². The first-order chi connectivity index (χ1) is 9.62. The van der Waals surface area contributed by atoms with Crippen LogP contribution in [0.5, 0.6) is 11.5 Å². The van der Waals surface area contributed by atoms with E-state index < -0.39 is 0 Å². The second-order valence-electron chi connectivity index (χ2n) is 4.19. The van der Waals surface area contributed by atoms with E-state index in [1.807, 2.05) is 24.3 Å². The van der Waals surface area contributed by atoms with Gasteiger partial charge in [0.05, 0.1) is 14.2 Å². The van der Waals surface area contributed by atoms with E-state index in [-0.39, 0.29) is 0 Å². The van der Waals surface area contributed by atoms with Gasteiger partial charge in [0.15, 0.2) is 0 Å². The van der Waals surface area contributed by atoms with Gasteiger partial charge in [-0.3, -0.25) is 0 Å². The summed E-state index contributed by atoms with van der Waals surface area (Å²) in [4.78, 5) is 0. The van der Waals surface area contributed by atoms with Crippen molar-refractivity contribution in [3.8, 4) is 11.5 Å². The number of methoxy groups -OCH3 is 2. The number of nitrogens with one attached hydrogen (secondary N) is 1. The maximum atomic E-state index is 6.13. The summed E-state index contributed by atoms with van der Waals surface area (Å²) < 4.78 is 10.5. The fourth-order valence-electron chi connectivity index (χ4n) is 1.79. The molecule has 0 amide bonds. The van der Waals surface area contributed by atoms with E-state index in [1.165, 1.54) is 0 Å². The van der Waals surface area contributed by atoms with Crippen molar-refractivity contribution < 1.29 is 9.47 Å². The molecule has 1 N–H and O–H groups in total. The van der Waals surface area contributed by atoms with Crippen molar-refractivity contribution in [2.45, 2.75) is 6.54 Å². The first-order valence-electron chi connectivity index (χ1n) is 6.03. The van der Waals surface area contributed by atoms with Crippen molar-refractivity contribution >= 4 is 28.9 Å². The summed E-state index contributed by atoms with van der Waals surface area (Å²) in [5.74, 6) is 1.45. The SMILES string of the molecule is COc1cc(NCc2cc(Cl)ccc2Cl)cc(OC)c1. The lowest BCUT2D eigenvalue weighted by molar-refractivity contribution is 0.394. The Labute approximate surface area is 128 Å². The standard InChI is InChI=1S/C15H15Cl2NO2/c1-19-13-6-12(7-14(8-13)20-2)18-9-10-5-11(16)3-4-15(10)17/h3-8,18H,9H2,1-2H3. The number of hydrogen-bond donors (Lipinski definition) is 1.